The van der Waals surface area contributed by atoms with E-state index in [2.05, 4.69) is 15.5 Å². The molecule has 146 valence electrons. The molecule has 3 rings (SSSR count). The van der Waals surface area contributed by atoms with E-state index < -0.39 is 11.6 Å². The van der Waals surface area contributed by atoms with Crippen molar-refractivity contribution in [3.8, 4) is 5.75 Å². The van der Waals surface area contributed by atoms with Crippen LogP contribution >= 0.6 is 34.9 Å². The van der Waals surface area contributed by atoms with E-state index in [-0.39, 0.29) is 17.3 Å². The molecule has 2 aromatic carbocycles. The molecule has 1 aromatic heterocycles. The standard InChI is InChI=1S/C18H15F2N3O2S3/c1-25-13-5-2-11(3-6-13)9-26-17-22-23-18(28-17)27-10-16(24)21-12-4-7-14(19)15(20)8-12/h2-8H,9-10H2,1H3,(H,21,24). The lowest BCUT2D eigenvalue weighted by Gasteiger charge is -2.04. The molecule has 10 heteroatoms. The second-order valence-corrected chi connectivity index (χ2v) is 8.86. The van der Waals surface area contributed by atoms with Crippen molar-refractivity contribution in [3.63, 3.8) is 0 Å². The largest absolute Gasteiger partial charge is 0.497 e. The number of rotatable bonds is 8. The number of ether oxygens (including phenoxy) is 1. The van der Waals surface area contributed by atoms with Gasteiger partial charge in [0.2, 0.25) is 5.91 Å². The third kappa shape index (κ3) is 5.91. The number of nitrogens with zero attached hydrogens (tertiary/aromatic N) is 2. The van der Waals surface area contributed by atoms with Crippen molar-refractivity contribution in [2.24, 2.45) is 0 Å². The molecule has 0 radical (unpaired) electrons. The highest BCUT2D eigenvalue weighted by Crippen LogP contribution is 2.31. The van der Waals surface area contributed by atoms with Gasteiger partial charge in [-0.25, -0.2) is 8.78 Å². The fourth-order valence-electron chi connectivity index (χ4n) is 2.08. The van der Waals surface area contributed by atoms with E-state index in [0.717, 1.165) is 33.5 Å². The summed E-state index contributed by atoms with van der Waals surface area (Å²) in [4.78, 5) is 11.9. The number of carbonyl (C=O) groups excluding carboxylic acids is 1. The third-order valence-corrected chi connectivity index (χ3v) is 6.70. The molecule has 3 aromatic rings. The van der Waals surface area contributed by atoms with E-state index in [1.165, 1.54) is 29.2 Å². The Hall–Kier alpha value is -2.17. The average Bonchev–Trinajstić information content (AvgIpc) is 3.16. The second-order valence-electron chi connectivity index (χ2n) is 5.44. The van der Waals surface area contributed by atoms with Crippen LogP contribution in [0.15, 0.2) is 51.1 Å². The molecule has 28 heavy (non-hydrogen) atoms. The van der Waals surface area contributed by atoms with Crippen LogP contribution in [0.2, 0.25) is 0 Å². The highest BCUT2D eigenvalue weighted by Gasteiger charge is 2.10. The molecular weight excluding hydrogens is 424 g/mol. The zero-order valence-corrected chi connectivity index (χ0v) is 17.1. The van der Waals surface area contributed by atoms with Gasteiger partial charge in [-0.2, -0.15) is 0 Å². The summed E-state index contributed by atoms with van der Waals surface area (Å²) in [5.41, 5.74) is 1.35. The van der Waals surface area contributed by atoms with Crippen LogP contribution in [0.1, 0.15) is 5.56 Å². The van der Waals surface area contributed by atoms with Crippen LogP contribution in [0.4, 0.5) is 14.5 Å². The molecule has 0 saturated carbocycles. The van der Waals surface area contributed by atoms with Crippen LogP contribution in [0.25, 0.3) is 0 Å². The summed E-state index contributed by atoms with van der Waals surface area (Å²) in [5, 5.41) is 10.7. The highest BCUT2D eigenvalue weighted by molar-refractivity contribution is 8.03. The van der Waals surface area contributed by atoms with Crippen LogP contribution in [-0.4, -0.2) is 29.0 Å². The van der Waals surface area contributed by atoms with Crippen LogP contribution in [0, 0.1) is 11.6 Å². The number of halogens is 2. The number of hydrogen-bond donors (Lipinski definition) is 1. The number of amides is 1. The van der Waals surface area contributed by atoms with Gasteiger partial charge in [-0.15, -0.1) is 10.2 Å². The SMILES string of the molecule is COc1ccc(CSc2nnc(SCC(=O)Nc3ccc(F)c(F)c3)s2)cc1. The average molecular weight is 440 g/mol. The molecule has 0 atom stereocenters. The quantitative estimate of drug-likeness (QED) is 0.507. The predicted molar refractivity (Wildman–Crippen MR) is 108 cm³/mol. The normalized spacial score (nSPS) is 10.7. The smallest absolute Gasteiger partial charge is 0.234 e. The van der Waals surface area contributed by atoms with E-state index >= 15 is 0 Å². The number of thioether (sulfide) groups is 2. The molecule has 0 aliphatic carbocycles. The summed E-state index contributed by atoms with van der Waals surface area (Å²) < 4.78 is 32.7. The van der Waals surface area contributed by atoms with Crippen LogP contribution in [0.3, 0.4) is 0 Å². The van der Waals surface area contributed by atoms with Gasteiger partial charge in [0.1, 0.15) is 5.75 Å². The molecule has 5 nitrogen and oxygen atoms in total. The van der Waals surface area contributed by atoms with Crippen molar-refractivity contribution in [1.29, 1.82) is 0 Å². The lowest BCUT2D eigenvalue weighted by Crippen LogP contribution is -2.14. The molecule has 0 bridgehead atoms. The van der Waals surface area contributed by atoms with Crippen LogP contribution in [0.5, 0.6) is 5.75 Å². The number of methoxy groups -OCH3 is 1. The predicted octanol–water partition coefficient (Wildman–Crippen LogP) is 4.85. The number of carbonyl (C=O) groups is 1. The molecule has 0 aliphatic rings. The van der Waals surface area contributed by atoms with Crippen LogP contribution < -0.4 is 10.1 Å². The lowest BCUT2D eigenvalue weighted by molar-refractivity contribution is -0.113. The monoisotopic (exact) mass is 439 g/mol. The molecule has 0 fully saturated rings. The molecule has 0 saturated heterocycles. The highest BCUT2D eigenvalue weighted by atomic mass is 32.2. The maximum Gasteiger partial charge on any atom is 0.234 e. The maximum atomic E-state index is 13.2. The van der Waals surface area contributed by atoms with Gasteiger partial charge in [0.05, 0.1) is 12.9 Å². The first-order valence-electron chi connectivity index (χ1n) is 8.00. The second kappa shape index (κ2) is 9.85. The van der Waals surface area contributed by atoms with Crippen molar-refractivity contribution in [2.45, 2.75) is 14.4 Å². The molecule has 0 unspecified atom stereocenters. The Morgan fingerprint density at radius 1 is 1.07 bits per heavy atom. The summed E-state index contributed by atoms with van der Waals surface area (Å²) in [6, 6.07) is 11.0. The molecule has 1 amide bonds. The van der Waals surface area contributed by atoms with Gasteiger partial charge in [0.25, 0.3) is 0 Å². The Morgan fingerprint density at radius 2 is 1.79 bits per heavy atom. The van der Waals surface area contributed by atoms with Gasteiger partial charge in [0, 0.05) is 17.5 Å². The van der Waals surface area contributed by atoms with Crippen molar-refractivity contribution in [2.75, 3.05) is 18.2 Å². The molecule has 0 aliphatic heterocycles. The fraction of sp³-hybridized carbons (Fsp3) is 0.167. The zero-order chi connectivity index (χ0) is 19.9. The Labute approximate surface area is 172 Å². The van der Waals surface area contributed by atoms with Gasteiger partial charge in [-0.3, -0.25) is 4.79 Å². The minimum Gasteiger partial charge on any atom is -0.497 e. The first-order valence-corrected chi connectivity index (χ1v) is 10.8. The first-order chi connectivity index (χ1) is 13.5. The molecule has 0 spiro atoms. The number of nitrogens with one attached hydrogen (secondary N) is 1. The number of aromatic nitrogens is 2. The maximum absolute atomic E-state index is 13.2. The summed E-state index contributed by atoms with van der Waals surface area (Å²) in [6.45, 7) is 0. The summed E-state index contributed by atoms with van der Waals surface area (Å²) in [5.74, 6) is -0.644. The van der Waals surface area contributed by atoms with Gasteiger partial charge < -0.3 is 10.1 Å². The Balaban J connectivity index is 1.45. The van der Waals surface area contributed by atoms with Crippen molar-refractivity contribution in [3.05, 3.63) is 59.7 Å². The van der Waals surface area contributed by atoms with Gasteiger partial charge in [-0.05, 0) is 29.8 Å². The van der Waals surface area contributed by atoms with Crippen molar-refractivity contribution < 1.29 is 18.3 Å². The Morgan fingerprint density at radius 3 is 2.46 bits per heavy atom. The number of hydrogen-bond acceptors (Lipinski definition) is 7. The number of anilines is 1. The van der Waals surface area contributed by atoms with E-state index in [4.69, 9.17) is 4.74 Å². The van der Waals surface area contributed by atoms with E-state index in [1.807, 2.05) is 24.3 Å². The van der Waals surface area contributed by atoms with Gasteiger partial charge in [0.15, 0.2) is 20.3 Å². The van der Waals surface area contributed by atoms with E-state index in [1.54, 1.807) is 18.9 Å². The van der Waals surface area contributed by atoms with Gasteiger partial charge >= 0.3 is 0 Å². The molecular formula is C18H15F2N3O2S3. The topological polar surface area (TPSA) is 64.1 Å². The summed E-state index contributed by atoms with van der Waals surface area (Å²) >= 11 is 4.20. The fourth-order valence-corrected chi connectivity index (χ4v) is 4.85. The third-order valence-electron chi connectivity index (χ3n) is 3.44. The van der Waals surface area contributed by atoms with Crippen LogP contribution in [-0.2, 0) is 10.5 Å². The van der Waals surface area contributed by atoms with E-state index in [0.29, 0.717) is 4.34 Å². The van der Waals surface area contributed by atoms with E-state index in [9.17, 15) is 13.6 Å². The summed E-state index contributed by atoms with van der Waals surface area (Å²) in [7, 11) is 1.63. The van der Waals surface area contributed by atoms with Crippen molar-refractivity contribution >= 4 is 46.5 Å². The minimum atomic E-state index is -1.01. The zero-order valence-electron chi connectivity index (χ0n) is 14.6. The molecule has 1 N–H and O–H groups in total. The molecule has 1 heterocycles. The van der Waals surface area contributed by atoms with Crippen molar-refractivity contribution in [1.82, 2.24) is 10.2 Å². The number of benzene rings is 2. The van der Waals surface area contributed by atoms with Gasteiger partial charge in [-0.1, -0.05) is 47.0 Å². The first kappa shape index (κ1) is 20.6. The Bertz CT molecular complexity index is 952. The lowest BCUT2D eigenvalue weighted by atomic mass is 10.2. The Kier molecular flexibility index (Phi) is 7.24. The minimum absolute atomic E-state index is 0.0940. The summed E-state index contributed by atoms with van der Waals surface area (Å²) in [6.07, 6.45) is 0.